The maximum Gasteiger partial charge on any atom is 0.0689 e. The van der Waals surface area contributed by atoms with Gasteiger partial charge in [0.1, 0.15) is 0 Å². The van der Waals surface area contributed by atoms with Crippen molar-refractivity contribution < 1.29 is 9.79 Å². The highest BCUT2D eigenvalue weighted by atomic mass is 19.0. The second-order valence-electron chi connectivity index (χ2n) is 0.224. The van der Waals surface area contributed by atoms with Crippen molar-refractivity contribution in [2.45, 2.75) is 0 Å². The molecule has 0 saturated carbocycles. The van der Waals surface area contributed by atoms with Gasteiger partial charge in [0.25, 0.3) is 0 Å². The Morgan fingerprint density at radius 2 is 1.40 bits per heavy atom. The Hall–Kier alpha value is -0.870. The van der Waals surface area contributed by atoms with Crippen molar-refractivity contribution in [3.8, 4) is 0 Å². The van der Waals surface area contributed by atoms with Crippen LogP contribution in [0.2, 0.25) is 0 Å². The van der Waals surface area contributed by atoms with Crippen LogP contribution in [0.4, 0.5) is 4.70 Å². The van der Waals surface area contributed by atoms with E-state index in [0.717, 1.165) is 0 Å². The second-order valence-corrected chi connectivity index (χ2v) is 0.224. The van der Waals surface area contributed by atoms with Crippen molar-refractivity contribution in [1.29, 1.82) is 0 Å². The first-order valence-corrected chi connectivity index (χ1v) is 0.548. The molecule has 0 heterocycles. The zero-order chi connectivity index (χ0) is 3.58. The second kappa shape index (κ2) is 3.13. The molecule has 5 heavy (non-hydrogen) atoms. The number of halogens is 1. The zero-order valence-corrected chi connectivity index (χ0v) is 2.05. The molecule has 0 saturated heterocycles. The van der Waals surface area contributed by atoms with Gasteiger partial charge in [-0.15, -0.1) is 0 Å². The number of hydrogen-bond donors (Lipinski definition) is 0. The van der Waals surface area contributed by atoms with Gasteiger partial charge in [-0.25, -0.2) is 0 Å². The molecule has 0 aliphatic heterocycles. The molecule has 0 aliphatic carbocycles. The fourth-order valence-corrected chi connectivity index (χ4v) is 0. The van der Waals surface area contributed by atoms with Crippen molar-refractivity contribution in [3.63, 3.8) is 0 Å². The molecular weight excluding hydrogens is 81.0 g/mol. The van der Waals surface area contributed by atoms with Gasteiger partial charge in [0.05, 0.1) is 5.09 Å². The predicted molar refractivity (Wildman–Crippen MR) is 11.5 cm³/mol. The summed E-state index contributed by atoms with van der Waals surface area (Å²) in [5, 5.41) is 14.8. The first kappa shape index (κ1) is 8.92. The van der Waals surface area contributed by atoms with E-state index in [9.17, 15) is 0 Å². The molecule has 0 unspecified atom stereocenters. The zero-order valence-electron chi connectivity index (χ0n) is 2.05. The summed E-state index contributed by atoms with van der Waals surface area (Å²) in [5.74, 6) is 0. The van der Waals surface area contributed by atoms with Crippen LogP contribution in [0, 0.1) is 15.3 Å². The van der Waals surface area contributed by atoms with Gasteiger partial charge in [0.15, 0.2) is 0 Å². The lowest BCUT2D eigenvalue weighted by molar-refractivity contribution is -0.402. The summed E-state index contributed by atoms with van der Waals surface area (Å²) in [7, 11) is 0. The van der Waals surface area contributed by atoms with Gasteiger partial charge in [0, 0.05) is 4.70 Å². The van der Waals surface area contributed by atoms with Gasteiger partial charge >= 0.3 is 0 Å². The molecule has 5 heteroatoms. The van der Waals surface area contributed by atoms with Crippen LogP contribution in [0.1, 0.15) is 0 Å². The maximum atomic E-state index is 8.25. The molecule has 0 aromatic heterocycles. The summed E-state index contributed by atoms with van der Waals surface area (Å²) in [6.45, 7) is 0. The Morgan fingerprint density at radius 1 is 1.40 bits per heavy atom. The molecule has 0 atom stereocenters. The van der Waals surface area contributed by atoms with Gasteiger partial charge < -0.3 is 15.3 Å². The van der Waals surface area contributed by atoms with Crippen LogP contribution in [0.5, 0.6) is 0 Å². The van der Waals surface area contributed by atoms with Gasteiger partial charge in [-0.2, -0.15) is 0 Å². The van der Waals surface area contributed by atoms with E-state index >= 15 is 0 Å². The molecule has 0 N–H and O–H groups in total. The molecule has 4 nitrogen and oxygen atoms in total. The smallest absolute Gasteiger partial charge is 0.0689 e. The topological polar surface area (TPSA) is 66.2 Å². The van der Waals surface area contributed by atoms with Crippen LogP contribution < -0.4 is 0 Å². The summed E-state index contributed by atoms with van der Waals surface area (Å²) in [5.41, 5.74) is 0. The molecule has 0 rings (SSSR count). The van der Waals surface area contributed by atoms with Gasteiger partial charge in [-0.1, -0.05) is 0 Å². The molecule has 0 bridgehead atoms. The van der Waals surface area contributed by atoms with Crippen LogP contribution in [-0.4, -0.2) is 5.09 Å². The number of rotatable bonds is 0. The van der Waals surface area contributed by atoms with Crippen LogP contribution in [-0.2, 0) is 0 Å². The minimum absolute atomic E-state index is 0. The number of hydrogen-bond acceptors (Lipinski definition) is 3. The monoisotopic (exact) mass is 81.0 g/mol. The summed E-state index contributed by atoms with van der Waals surface area (Å²) in [6, 6.07) is 0. The van der Waals surface area contributed by atoms with Crippen LogP contribution in [0.25, 0.3) is 0 Å². The fourth-order valence-electron chi connectivity index (χ4n) is 0. The van der Waals surface area contributed by atoms with E-state index in [-0.39, 0.29) is 4.70 Å². The standard InChI is InChI=1S/F.NO3/c;2-1(3)4/q;-1. The molecule has 0 aliphatic rings. The number of nitrogens with zero attached hydrogens (tertiary/aromatic N) is 1. The molecule has 0 aromatic rings. The first-order valence-electron chi connectivity index (χ1n) is 0.548. The van der Waals surface area contributed by atoms with Crippen molar-refractivity contribution in [2.24, 2.45) is 0 Å². The molecule has 0 aromatic carbocycles. The summed E-state index contributed by atoms with van der Waals surface area (Å²) in [4.78, 5) is 8.25. The average molecular weight is 81.0 g/mol. The SMILES string of the molecule is O=[N+]([O-])[O-].[F]. The Labute approximate surface area is 26.5 Å². The minimum atomic E-state index is -1.75. The molecule has 0 fully saturated rings. The highest BCUT2D eigenvalue weighted by molar-refractivity contribution is 4.03. The van der Waals surface area contributed by atoms with E-state index in [1.54, 1.807) is 0 Å². The van der Waals surface area contributed by atoms with E-state index in [2.05, 4.69) is 0 Å². The summed E-state index contributed by atoms with van der Waals surface area (Å²) < 4.78 is 0. The van der Waals surface area contributed by atoms with Crippen LogP contribution in [0.15, 0.2) is 0 Å². The summed E-state index contributed by atoms with van der Waals surface area (Å²) in [6.07, 6.45) is 0. The third-order valence-corrected chi connectivity index (χ3v) is 0. The summed E-state index contributed by atoms with van der Waals surface area (Å²) >= 11 is 0. The Morgan fingerprint density at radius 3 is 1.40 bits per heavy atom. The molecular formula is FNO3-. The van der Waals surface area contributed by atoms with Crippen LogP contribution in [0.3, 0.4) is 0 Å². The van der Waals surface area contributed by atoms with Crippen LogP contribution >= 0.6 is 0 Å². The Kier molecular flexibility index (Phi) is 5.58. The molecule has 1 radical (unpaired) electrons. The average Bonchev–Trinajstić information content (AvgIpc) is 0.811. The third-order valence-electron chi connectivity index (χ3n) is 0. The van der Waals surface area contributed by atoms with Crippen molar-refractivity contribution in [3.05, 3.63) is 15.3 Å². The van der Waals surface area contributed by atoms with Crippen molar-refractivity contribution in [1.82, 2.24) is 0 Å². The van der Waals surface area contributed by atoms with E-state index in [1.807, 2.05) is 0 Å². The van der Waals surface area contributed by atoms with E-state index in [0.29, 0.717) is 0 Å². The third kappa shape index (κ3) is 5.28. The largest absolute Gasteiger partial charge is 0.356 e. The van der Waals surface area contributed by atoms with E-state index < -0.39 is 5.09 Å². The first-order chi connectivity index (χ1) is 1.73. The van der Waals surface area contributed by atoms with Crippen molar-refractivity contribution >= 4 is 0 Å². The van der Waals surface area contributed by atoms with Gasteiger partial charge in [0.2, 0.25) is 0 Å². The van der Waals surface area contributed by atoms with E-state index in [4.69, 9.17) is 15.3 Å². The lowest BCUT2D eigenvalue weighted by atomic mass is 13.1. The molecule has 0 amide bonds. The predicted octanol–water partition coefficient (Wildman–Crippen LogP) is 0.181. The molecule has 31 valence electrons. The lowest BCUT2D eigenvalue weighted by Gasteiger charge is -1.74. The quantitative estimate of drug-likeness (QED) is 0.308. The maximum absolute atomic E-state index is 8.25. The van der Waals surface area contributed by atoms with Crippen molar-refractivity contribution in [2.75, 3.05) is 0 Å². The molecule has 0 spiro atoms. The highest BCUT2D eigenvalue weighted by Crippen LogP contribution is 1.44. The Bertz CT molecular complexity index is 29.9. The lowest BCUT2D eigenvalue weighted by Crippen LogP contribution is -1.74. The fraction of sp³-hybridized carbons (Fsp3) is 0. The normalized spacial score (nSPS) is 4.80. The minimum Gasteiger partial charge on any atom is -0.356 e. The van der Waals surface area contributed by atoms with E-state index in [1.165, 1.54) is 0 Å². The Balaban J connectivity index is 0. The highest BCUT2D eigenvalue weighted by Gasteiger charge is 1.45. The van der Waals surface area contributed by atoms with Gasteiger partial charge in [-0.3, -0.25) is 0 Å². The van der Waals surface area contributed by atoms with Gasteiger partial charge in [-0.05, 0) is 0 Å².